The quantitative estimate of drug-likeness (QED) is 0.676. The molecule has 144 valence electrons. The van der Waals surface area contributed by atoms with Gasteiger partial charge in [0.05, 0.1) is 12.7 Å². The van der Waals surface area contributed by atoms with Gasteiger partial charge in [-0.1, -0.05) is 0 Å². The molecule has 0 spiro atoms. The number of hydrazine groups is 1. The molecule has 0 saturated carbocycles. The number of amides is 2. The highest BCUT2D eigenvalue weighted by atomic mass is 16.6. The predicted molar refractivity (Wildman–Crippen MR) is 99.9 cm³/mol. The lowest BCUT2D eigenvalue weighted by atomic mass is 10.1. The maximum Gasteiger partial charge on any atom is 0.273 e. The summed E-state index contributed by atoms with van der Waals surface area (Å²) in [6, 6.07) is 10.0. The Hall–Kier alpha value is -3.68. The average Bonchev–Trinajstić information content (AvgIpc) is 3.06. The summed E-state index contributed by atoms with van der Waals surface area (Å²) in [4.78, 5) is 25.0. The number of benzene rings is 2. The second-order valence-electron chi connectivity index (χ2n) is 6.16. The number of methoxy groups -OCH3 is 1. The molecule has 0 unspecified atom stereocenters. The van der Waals surface area contributed by atoms with Crippen LogP contribution < -0.4 is 25.1 Å². The number of hydrogen-bond acceptors (Lipinski definition) is 6. The van der Waals surface area contributed by atoms with Gasteiger partial charge in [0.2, 0.25) is 0 Å². The minimum Gasteiger partial charge on any atom is -0.497 e. The summed E-state index contributed by atoms with van der Waals surface area (Å²) >= 11 is 0. The molecule has 2 aromatic carbocycles. The zero-order valence-corrected chi connectivity index (χ0v) is 15.3. The summed E-state index contributed by atoms with van der Waals surface area (Å²) < 4.78 is 21.7. The minimum absolute atomic E-state index is 0.330. The second-order valence-corrected chi connectivity index (χ2v) is 6.16. The molecule has 3 aromatic rings. The third-order valence-electron chi connectivity index (χ3n) is 4.39. The number of rotatable bonds is 3. The van der Waals surface area contributed by atoms with E-state index in [0.717, 1.165) is 0 Å². The van der Waals surface area contributed by atoms with Crippen molar-refractivity contribution in [3.05, 3.63) is 53.3 Å². The molecule has 0 bridgehead atoms. The molecule has 8 heteroatoms. The number of aryl methyl sites for hydroxylation is 1. The van der Waals surface area contributed by atoms with Crippen LogP contribution in [0.25, 0.3) is 11.0 Å². The maximum absolute atomic E-state index is 12.6. The molecule has 1 aliphatic rings. The monoisotopic (exact) mass is 382 g/mol. The summed E-state index contributed by atoms with van der Waals surface area (Å²) in [5.74, 6) is 1.15. The number of carbonyl (C=O) groups is 2. The number of nitrogens with one attached hydrogen (secondary N) is 2. The van der Waals surface area contributed by atoms with Crippen LogP contribution in [0.1, 0.15) is 26.5 Å². The van der Waals surface area contributed by atoms with Gasteiger partial charge in [-0.05, 0) is 43.3 Å². The first-order valence-corrected chi connectivity index (χ1v) is 8.64. The van der Waals surface area contributed by atoms with Crippen molar-refractivity contribution in [3.63, 3.8) is 0 Å². The average molecular weight is 382 g/mol. The first kappa shape index (κ1) is 17.7. The highest BCUT2D eigenvalue weighted by Crippen LogP contribution is 2.31. The third-order valence-corrected chi connectivity index (χ3v) is 4.39. The Morgan fingerprint density at radius 2 is 1.71 bits per heavy atom. The van der Waals surface area contributed by atoms with Gasteiger partial charge in [0, 0.05) is 10.9 Å². The Kier molecular flexibility index (Phi) is 4.52. The van der Waals surface area contributed by atoms with Gasteiger partial charge in [-0.3, -0.25) is 20.4 Å². The molecule has 4 rings (SSSR count). The first-order chi connectivity index (χ1) is 13.6. The van der Waals surface area contributed by atoms with Gasteiger partial charge < -0.3 is 18.6 Å². The lowest BCUT2D eigenvalue weighted by Gasteiger charge is -2.18. The fourth-order valence-corrected chi connectivity index (χ4v) is 3.04. The van der Waals surface area contributed by atoms with Gasteiger partial charge in [-0.25, -0.2) is 0 Å². The van der Waals surface area contributed by atoms with Crippen LogP contribution in [0.15, 0.2) is 40.8 Å². The fraction of sp³-hybridized carbons (Fsp3) is 0.200. The third kappa shape index (κ3) is 3.20. The molecular weight excluding hydrogens is 364 g/mol. The number of furan rings is 1. The molecule has 1 aliphatic heterocycles. The van der Waals surface area contributed by atoms with Crippen molar-refractivity contribution in [1.29, 1.82) is 0 Å². The largest absolute Gasteiger partial charge is 0.497 e. The van der Waals surface area contributed by atoms with E-state index in [9.17, 15) is 9.59 Å². The SMILES string of the molecule is COc1ccc2oc(C)c(C(=O)NNC(=O)c3ccc4c(c3)OCCO4)c2c1. The number of carbonyl (C=O) groups excluding carboxylic acids is 2. The van der Waals surface area contributed by atoms with Crippen molar-refractivity contribution in [1.82, 2.24) is 10.9 Å². The molecule has 0 saturated heterocycles. The van der Waals surface area contributed by atoms with E-state index >= 15 is 0 Å². The van der Waals surface area contributed by atoms with Gasteiger partial charge in [-0.2, -0.15) is 0 Å². The Morgan fingerprint density at radius 1 is 0.964 bits per heavy atom. The van der Waals surface area contributed by atoms with Crippen molar-refractivity contribution >= 4 is 22.8 Å². The Balaban J connectivity index is 1.51. The lowest BCUT2D eigenvalue weighted by Crippen LogP contribution is -2.41. The van der Waals surface area contributed by atoms with Crippen molar-refractivity contribution in [2.24, 2.45) is 0 Å². The minimum atomic E-state index is -0.490. The highest BCUT2D eigenvalue weighted by molar-refractivity contribution is 6.08. The van der Waals surface area contributed by atoms with E-state index in [-0.39, 0.29) is 0 Å². The van der Waals surface area contributed by atoms with Crippen molar-refractivity contribution in [2.75, 3.05) is 20.3 Å². The molecule has 8 nitrogen and oxygen atoms in total. The van der Waals surface area contributed by atoms with Crippen molar-refractivity contribution in [2.45, 2.75) is 6.92 Å². The van der Waals surface area contributed by atoms with Gasteiger partial charge in [0.15, 0.2) is 11.5 Å². The Labute approximate surface area is 160 Å². The van der Waals surface area contributed by atoms with Gasteiger partial charge >= 0.3 is 0 Å². The topological polar surface area (TPSA) is 99.0 Å². The summed E-state index contributed by atoms with van der Waals surface area (Å²) in [7, 11) is 1.54. The van der Waals surface area contributed by atoms with Crippen LogP contribution in [-0.2, 0) is 0 Å². The number of fused-ring (bicyclic) bond motifs is 2. The molecule has 0 fully saturated rings. The van der Waals surface area contributed by atoms with E-state index in [4.69, 9.17) is 18.6 Å². The van der Waals surface area contributed by atoms with Crippen LogP contribution in [0.2, 0.25) is 0 Å². The summed E-state index contributed by atoms with van der Waals surface area (Å²) in [6.45, 7) is 2.58. The van der Waals surface area contributed by atoms with Crippen LogP contribution in [0.5, 0.6) is 17.2 Å². The number of hydrogen-bond donors (Lipinski definition) is 2. The van der Waals surface area contributed by atoms with E-state index in [1.807, 2.05) is 0 Å². The molecule has 2 N–H and O–H groups in total. The number of ether oxygens (including phenoxy) is 3. The maximum atomic E-state index is 12.6. The van der Waals surface area contributed by atoms with E-state index in [1.165, 1.54) is 0 Å². The summed E-state index contributed by atoms with van der Waals surface area (Å²) in [5, 5.41) is 0.600. The van der Waals surface area contributed by atoms with Crippen molar-refractivity contribution in [3.8, 4) is 17.2 Å². The van der Waals surface area contributed by atoms with Crippen LogP contribution in [0, 0.1) is 6.92 Å². The molecule has 2 heterocycles. The van der Waals surface area contributed by atoms with Crippen LogP contribution in [0.3, 0.4) is 0 Å². The zero-order chi connectivity index (χ0) is 19.7. The van der Waals surface area contributed by atoms with E-state index in [1.54, 1.807) is 50.4 Å². The highest BCUT2D eigenvalue weighted by Gasteiger charge is 2.20. The van der Waals surface area contributed by atoms with E-state index in [2.05, 4.69) is 10.9 Å². The molecule has 28 heavy (non-hydrogen) atoms. The smallest absolute Gasteiger partial charge is 0.273 e. The first-order valence-electron chi connectivity index (χ1n) is 8.64. The molecule has 0 aliphatic carbocycles. The summed E-state index contributed by atoms with van der Waals surface area (Å²) in [6.07, 6.45) is 0. The second kappa shape index (κ2) is 7.15. The predicted octanol–water partition coefficient (Wildman–Crippen LogP) is 2.60. The lowest BCUT2D eigenvalue weighted by molar-refractivity contribution is 0.0846. The standard InChI is InChI=1S/C20H18N2O6/c1-11-18(14-10-13(25-2)4-6-15(14)28-11)20(24)22-21-19(23)12-3-5-16-17(9-12)27-8-7-26-16/h3-6,9-10H,7-8H2,1-2H3,(H,21,23)(H,22,24). The van der Waals surface area contributed by atoms with Gasteiger partial charge in [-0.15, -0.1) is 0 Å². The van der Waals surface area contributed by atoms with Gasteiger partial charge in [0.25, 0.3) is 11.8 Å². The Bertz CT molecular complexity index is 1070. The molecule has 2 amide bonds. The molecule has 0 atom stereocenters. The zero-order valence-electron chi connectivity index (χ0n) is 15.3. The normalized spacial score (nSPS) is 12.5. The van der Waals surface area contributed by atoms with E-state index < -0.39 is 11.8 Å². The summed E-state index contributed by atoms with van der Waals surface area (Å²) in [5.41, 5.74) is 6.05. The van der Waals surface area contributed by atoms with Crippen molar-refractivity contribution < 1.29 is 28.2 Å². The fourth-order valence-electron chi connectivity index (χ4n) is 3.04. The van der Waals surface area contributed by atoms with Crippen LogP contribution >= 0.6 is 0 Å². The van der Waals surface area contributed by atoms with Gasteiger partial charge in [0.1, 0.15) is 30.3 Å². The van der Waals surface area contributed by atoms with Crippen LogP contribution in [-0.4, -0.2) is 32.1 Å². The Morgan fingerprint density at radius 3 is 2.50 bits per heavy atom. The van der Waals surface area contributed by atoms with E-state index in [0.29, 0.717) is 58.3 Å². The molecular formula is C20H18N2O6. The van der Waals surface area contributed by atoms with Crippen LogP contribution in [0.4, 0.5) is 0 Å². The molecule has 0 radical (unpaired) electrons. The molecule has 1 aromatic heterocycles.